The number of aryl methyl sites for hydroxylation is 1. The highest BCUT2D eigenvalue weighted by molar-refractivity contribution is 14.0. The van der Waals surface area contributed by atoms with Crippen molar-refractivity contribution in [1.82, 2.24) is 20.4 Å². The second-order valence-corrected chi connectivity index (χ2v) is 7.93. The average Bonchev–Trinajstić information content (AvgIpc) is 3.14. The molecule has 0 radical (unpaired) electrons. The summed E-state index contributed by atoms with van der Waals surface area (Å²) in [7, 11) is 1.76. The fourth-order valence-electron chi connectivity index (χ4n) is 3.08. The number of thioether (sulfide) groups is 1. The zero-order valence-corrected chi connectivity index (χ0v) is 21.1. The molecule has 4 N–H and O–H groups in total. The average molecular weight is 561 g/mol. The molecular weight excluding hydrogens is 533 g/mol. The highest BCUT2D eigenvalue weighted by Gasteiger charge is 2.16. The standard InChI is InChI=1S/C23H27N7S.HI/c1-26-23(28-15-16-31-19-11-6-3-7-12-19)27-14-8-13-21-20(17-24)22(25)30(29-21)18-9-4-2-5-10-18;/h2-7,9-12H,8,13-16,25H2,1H3,(H2,26,27,28);1H. The van der Waals surface area contributed by atoms with Crippen molar-refractivity contribution in [3.63, 3.8) is 0 Å². The van der Waals surface area contributed by atoms with E-state index in [1.54, 1.807) is 23.5 Å². The number of benzene rings is 2. The number of nitrogens with one attached hydrogen (secondary N) is 2. The van der Waals surface area contributed by atoms with Crippen molar-refractivity contribution in [1.29, 1.82) is 5.26 Å². The van der Waals surface area contributed by atoms with E-state index in [2.05, 4.69) is 38.9 Å². The van der Waals surface area contributed by atoms with E-state index in [4.69, 9.17) is 5.73 Å². The van der Waals surface area contributed by atoms with Gasteiger partial charge in [-0.25, -0.2) is 4.68 Å². The lowest BCUT2D eigenvalue weighted by Crippen LogP contribution is -2.38. The monoisotopic (exact) mass is 561 g/mol. The Kier molecular flexibility index (Phi) is 10.9. The Morgan fingerprint density at radius 3 is 2.41 bits per heavy atom. The van der Waals surface area contributed by atoms with Gasteiger partial charge in [0.25, 0.3) is 0 Å². The summed E-state index contributed by atoms with van der Waals surface area (Å²) >= 11 is 1.81. The van der Waals surface area contributed by atoms with E-state index in [-0.39, 0.29) is 24.0 Å². The van der Waals surface area contributed by atoms with E-state index in [0.717, 1.165) is 30.4 Å². The van der Waals surface area contributed by atoms with Gasteiger partial charge in [0.1, 0.15) is 17.5 Å². The number of halogens is 1. The van der Waals surface area contributed by atoms with Gasteiger partial charge in [0, 0.05) is 30.8 Å². The molecule has 1 heterocycles. The van der Waals surface area contributed by atoms with E-state index < -0.39 is 0 Å². The minimum Gasteiger partial charge on any atom is -0.382 e. The minimum absolute atomic E-state index is 0. The van der Waals surface area contributed by atoms with Crippen LogP contribution in [0.5, 0.6) is 0 Å². The lowest BCUT2D eigenvalue weighted by atomic mass is 10.1. The number of aliphatic imine (C=N–C) groups is 1. The van der Waals surface area contributed by atoms with E-state index in [9.17, 15) is 5.26 Å². The van der Waals surface area contributed by atoms with Crippen molar-refractivity contribution in [2.45, 2.75) is 17.7 Å². The second kappa shape index (κ2) is 13.6. The first-order chi connectivity index (χ1) is 15.2. The minimum atomic E-state index is 0. The molecular formula is C23H28IN7S. The summed E-state index contributed by atoms with van der Waals surface area (Å²) in [6.45, 7) is 1.53. The van der Waals surface area contributed by atoms with Gasteiger partial charge in [-0.05, 0) is 37.1 Å². The molecule has 0 bridgehead atoms. The molecule has 0 aliphatic rings. The maximum Gasteiger partial charge on any atom is 0.191 e. The molecule has 0 spiro atoms. The van der Waals surface area contributed by atoms with Crippen molar-refractivity contribution in [2.24, 2.45) is 4.99 Å². The van der Waals surface area contributed by atoms with Crippen molar-refractivity contribution < 1.29 is 0 Å². The molecule has 0 saturated carbocycles. The quantitative estimate of drug-likeness (QED) is 0.121. The Bertz CT molecular complexity index is 1030. The van der Waals surface area contributed by atoms with E-state index >= 15 is 0 Å². The highest BCUT2D eigenvalue weighted by Crippen LogP contribution is 2.21. The third-order valence-electron chi connectivity index (χ3n) is 4.62. The Morgan fingerprint density at radius 1 is 1.09 bits per heavy atom. The Morgan fingerprint density at radius 2 is 1.75 bits per heavy atom. The van der Waals surface area contributed by atoms with Crippen LogP contribution < -0.4 is 16.4 Å². The van der Waals surface area contributed by atoms with Crippen molar-refractivity contribution >= 4 is 47.5 Å². The smallest absolute Gasteiger partial charge is 0.191 e. The predicted molar refractivity (Wildman–Crippen MR) is 143 cm³/mol. The summed E-state index contributed by atoms with van der Waals surface area (Å²) in [6, 6.07) is 22.1. The van der Waals surface area contributed by atoms with Gasteiger partial charge in [0.05, 0.1) is 11.4 Å². The van der Waals surface area contributed by atoms with Gasteiger partial charge >= 0.3 is 0 Å². The third-order valence-corrected chi connectivity index (χ3v) is 5.63. The molecule has 3 rings (SSSR count). The molecule has 0 amide bonds. The SMILES string of the molecule is CN=C(NCCCc1nn(-c2ccccc2)c(N)c1C#N)NCCSc1ccccc1.I. The van der Waals surface area contributed by atoms with E-state index in [1.807, 2.05) is 48.5 Å². The van der Waals surface area contributed by atoms with Gasteiger partial charge < -0.3 is 16.4 Å². The van der Waals surface area contributed by atoms with Gasteiger partial charge in [0.2, 0.25) is 0 Å². The number of hydrogen-bond acceptors (Lipinski definition) is 5. The van der Waals surface area contributed by atoms with Crippen molar-refractivity contribution in [3.05, 3.63) is 71.9 Å². The van der Waals surface area contributed by atoms with Gasteiger partial charge in [-0.2, -0.15) is 10.4 Å². The molecule has 3 aromatic rings. The number of guanidine groups is 1. The molecule has 2 aromatic carbocycles. The summed E-state index contributed by atoms with van der Waals surface area (Å²) in [4.78, 5) is 5.52. The summed E-state index contributed by atoms with van der Waals surface area (Å²) in [6.07, 6.45) is 1.46. The van der Waals surface area contributed by atoms with Crippen LogP contribution in [-0.4, -0.2) is 41.6 Å². The summed E-state index contributed by atoms with van der Waals surface area (Å²) in [5.41, 5.74) is 8.17. The van der Waals surface area contributed by atoms with Crippen LogP contribution in [0.3, 0.4) is 0 Å². The molecule has 0 aliphatic heterocycles. The Balaban J connectivity index is 0.00000363. The summed E-state index contributed by atoms with van der Waals surface area (Å²) < 4.78 is 1.63. The lowest BCUT2D eigenvalue weighted by Gasteiger charge is -2.11. The number of nitrogens with two attached hydrogens (primary N) is 1. The van der Waals surface area contributed by atoms with Gasteiger partial charge in [-0.1, -0.05) is 36.4 Å². The number of para-hydroxylation sites is 1. The van der Waals surface area contributed by atoms with Crippen LogP contribution in [0.4, 0.5) is 5.82 Å². The van der Waals surface area contributed by atoms with Crippen molar-refractivity contribution in [3.8, 4) is 11.8 Å². The Hall–Kier alpha value is -2.71. The Labute approximate surface area is 210 Å². The van der Waals surface area contributed by atoms with Crippen LogP contribution in [0.15, 0.2) is 70.6 Å². The first-order valence-corrected chi connectivity index (χ1v) is 11.2. The molecule has 0 atom stereocenters. The number of nitrogens with zero attached hydrogens (tertiary/aromatic N) is 4. The summed E-state index contributed by atoms with van der Waals surface area (Å²) in [5, 5.41) is 20.7. The number of nitrogen functional groups attached to an aromatic ring is 1. The molecule has 7 nitrogen and oxygen atoms in total. The zero-order valence-electron chi connectivity index (χ0n) is 18.0. The largest absolute Gasteiger partial charge is 0.382 e. The molecule has 168 valence electrons. The fourth-order valence-corrected chi connectivity index (χ4v) is 3.87. The first-order valence-electron chi connectivity index (χ1n) is 10.2. The molecule has 0 saturated heterocycles. The second-order valence-electron chi connectivity index (χ2n) is 6.76. The number of aromatic nitrogens is 2. The third kappa shape index (κ3) is 7.17. The maximum absolute atomic E-state index is 9.52. The predicted octanol–water partition coefficient (Wildman–Crippen LogP) is 3.83. The maximum atomic E-state index is 9.52. The van der Waals surface area contributed by atoms with Crippen LogP contribution in [0.25, 0.3) is 5.69 Å². The highest BCUT2D eigenvalue weighted by atomic mass is 127. The van der Waals surface area contributed by atoms with Gasteiger partial charge in [-0.3, -0.25) is 4.99 Å². The van der Waals surface area contributed by atoms with E-state index in [0.29, 0.717) is 30.0 Å². The molecule has 9 heteroatoms. The number of rotatable bonds is 9. The van der Waals surface area contributed by atoms with Crippen LogP contribution >= 0.6 is 35.7 Å². The molecule has 32 heavy (non-hydrogen) atoms. The van der Waals surface area contributed by atoms with E-state index in [1.165, 1.54) is 4.90 Å². The van der Waals surface area contributed by atoms with Gasteiger partial charge in [-0.15, -0.1) is 35.7 Å². The van der Waals surface area contributed by atoms with Crippen molar-refractivity contribution in [2.75, 3.05) is 31.6 Å². The summed E-state index contributed by atoms with van der Waals surface area (Å²) in [5.74, 6) is 2.10. The van der Waals surface area contributed by atoms with Crippen LogP contribution in [0.2, 0.25) is 0 Å². The fraction of sp³-hybridized carbons (Fsp3) is 0.261. The normalized spacial score (nSPS) is 10.8. The first kappa shape index (κ1) is 25.5. The molecule has 0 aliphatic carbocycles. The topological polar surface area (TPSA) is 104 Å². The number of hydrogen-bond donors (Lipinski definition) is 3. The molecule has 0 unspecified atom stereocenters. The number of anilines is 1. The van der Waals surface area contributed by atoms with Crippen LogP contribution in [0.1, 0.15) is 17.7 Å². The number of nitriles is 1. The zero-order chi connectivity index (χ0) is 21.9. The molecule has 1 aromatic heterocycles. The van der Waals surface area contributed by atoms with Crippen LogP contribution in [-0.2, 0) is 6.42 Å². The van der Waals surface area contributed by atoms with Crippen LogP contribution in [0, 0.1) is 11.3 Å². The van der Waals surface area contributed by atoms with Gasteiger partial charge in [0.15, 0.2) is 5.96 Å². The lowest BCUT2D eigenvalue weighted by molar-refractivity contribution is 0.726. The molecule has 0 fully saturated rings.